The van der Waals surface area contributed by atoms with Crippen molar-refractivity contribution < 1.29 is 14.2 Å². The molecule has 1 aromatic heterocycles. The lowest BCUT2D eigenvalue weighted by molar-refractivity contribution is 0.0420. The van der Waals surface area contributed by atoms with Gasteiger partial charge in [-0.3, -0.25) is 9.98 Å². The van der Waals surface area contributed by atoms with E-state index in [0.717, 1.165) is 50.9 Å². The molecule has 0 spiro atoms. The minimum absolute atomic E-state index is 0.275. The average Bonchev–Trinajstić information content (AvgIpc) is 3.11. The summed E-state index contributed by atoms with van der Waals surface area (Å²) in [6.07, 6.45) is 5.64. The van der Waals surface area contributed by atoms with Gasteiger partial charge >= 0.3 is 0 Å². The van der Waals surface area contributed by atoms with Crippen LogP contribution in [0.4, 0.5) is 0 Å². The molecule has 0 amide bonds. The number of nitrogens with one attached hydrogen (secondary N) is 2. The van der Waals surface area contributed by atoms with Gasteiger partial charge in [-0.25, -0.2) is 0 Å². The van der Waals surface area contributed by atoms with Crippen molar-refractivity contribution in [2.24, 2.45) is 4.99 Å². The van der Waals surface area contributed by atoms with Crippen LogP contribution in [-0.4, -0.2) is 63.6 Å². The van der Waals surface area contributed by atoms with Crippen molar-refractivity contribution in [3.8, 4) is 5.75 Å². The molecule has 1 atom stereocenters. The monoisotopic (exact) mass is 322 g/mol. The summed E-state index contributed by atoms with van der Waals surface area (Å²) in [7, 11) is 1.75. The number of aliphatic imine (C=N–C) groups is 1. The van der Waals surface area contributed by atoms with Crippen LogP contribution in [0.3, 0.4) is 0 Å². The number of aromatic nitrogens is 1. The van der Waals surface area contributed by atoms with Gasteiger partial charge in [0, 0.05) is 33.0 Å². The van der Waals surface area contributed by atoms with Gasteiger partial charge in [0.05, 0.1) is 25.5 Å². The molecule has 1 unspecified atom stereocenters. The van der Waals surface area contributed by atoms with E-state index in [4.69, 9.17) is 14.2 Å². The molecule has 0 bridgehead atoms. The van der Waals surface area contributed by atoms with Crippen molar-refractivity contribution in [3.05, 3.63) is 24.5 Å². The smallest absolute Gasteiger partial charge is 0.191 e. The van der Waals surface area contributed by atoms with Crippen LogP contribution in [-0.2, 0) is 9.47 Å². The maximum atomic E-state index is 5.71. The molecular weight excluding hydrogens is 296 g/mol. The molecule has 7 nitrogen and oxygen atoms in total. The molecule has 2 heterocycles. The summed E-state index contributed by atoms with van der Waals surface area (Å²) in [5.41, 5.74) is 0. The molecule has 0 saturated carbocycles. The van der Waals surface area contributed by atoms with E-state index in [0.29, 0.717) is 13.2 Å². The van der Waals surface area contributed by atoms with Crippen LogP contribution in [0.2, 0.25) is 0 Å². The van der Waals surface area contributed by atoms with Crippen molar-refractivity contribution in [2.75, 3.05) is 46.6 Å². The first-order valence-electron chi connectivity index (χ1n) is 8.05. The Balaban J connectivity index is 1.48. The van der Waals surface area contributed by atoms with Gasteiger partial charge in [0.1, 0.15) is 12.4 Å². The first-order chi connectivity index (χ1) is 11.4. The van der Waals surface area contributed by atoms with Gasteiger partial charge in [0.2, 0.25) is 0 Å². The van der Waals surface area contributed by atoms with E-state index < -0.39 is 0 Å². The van der Waals surface area contributed by atoms with Crippen LogP contribution >= 0.6 is 0 Å². The van der Waals surface area contributed by atoms with Gasteiger partial charge in [-0.05, 0) is 25.0 Å². The molecule has 1 saturated heterocycles. The lowest BCUT2D eigenvalue weighted by Gasteiger charge is -2.13. The fourth-order valence-electron chi connectivity index (χ4n) is 2.16. The predicted molar refractivity (Wildman–Crippen MR) is 88.9 cm³/mol. The Labute approximate surface area is 137 Å². The summed E-state index contributed by atoms with van der Waals surface area (Å²) < 4.78 is 16.5. The van der Waals surface area contributed by atoms with Gasteiger partial charge in [-0.15, -0.1) is 0 Å². The Kier molecular flexibility index (Phi) is 8.21. The summed E-state index contributed by atoms with van der Waals surface area (Å²) in [5, 5.41) is 6.46. The summed E-state index contributed by atoms with van der Waals surface area (Å²) in [4.78, 5) is 8.17. The number of guanidine groups is 1. The first kappa shape index (κ1) is 17.5. The second-order valence-corrected chi connectivity index (χ2v) is 5.17. The summed E-state index contributed by atoms with van der Waals surface area (Å²) >= 11 is 0. The molecule has 0 aliphatic carbocycles. The standard InChI is InChI=1S/C16H26N4O3/c1-17-16(19-7-3-9-22-15-5-10-21-13-15)20-8-11-23-14-4-2-6-18-12-14/h2,4,6,12,15H,3,5,7-11,13H2,1H3,(H2,17,19,20). The normalized spacial score (nSPS) is 18.0. The first-order valence-corrected chi connectivity index (χ1v) is 8.05. The van der Waals surface area contributed by atoms with Crippen LogP contribution in [0.5, 0.6) is 5.75 Å². The third kappa shape index (κ3) is 7.30. The number of rotatable bonds is 9. The number of hydrogen-bond donors (Lipinski definition) is 2. The molecule has 1 aliphatic rings. The molecule has 128 valence electrons. The lowest BCUT2D eigenvalue weighted by Crippen LogP contribution is -2.40. The maximum absolute atomic E-state index is 5.71. The third-order valence-electron chi connectivity index (χ3n) is 3.38. The van der Waals surface area contributed by atoms with E-state index >= 15 is 0 Å². The van der Waals surface area contributed by atoms with Gasteiger partial charge in [-0.1, -0.05) is 0 Å². The molecular formula is C16H26N4O3. The number of ether oxygens (including phenoxy) is 3. The summed E-state index contributed by atoms with van der Waals surface area (Å²) in [6.45, 7) is 4.33. The van der Waals surface area contributed by atoms with E-state index in [1.54, 1.807) is 19.4 Å². The zero-order chi connectivity index (χ0) is 16.2. The maximum Gasteiger partial charge on any atom is 0.191 e. The van der Waals surface area contributed by atoms with Crippen LogP contribution < -0.4 is 15.4 Å². The van der Waals surface area contributed by atoms with Crippen LogP contribution in [0.1, 0.15) is 12.8 Å². The molecule has 0 radical (unpaired) electrons. The van der Waals surface area contributed by atoms with E-state index in [1.165, 1.54) is 0 Å². The molecule has 2 N–H and O–H groups in total. The zero-order valence-corrected chi connectivity index (χ0v) is 13.7. The molecule has 1 aliphatic heterocycles. The fraction of sp³-hybridized carbons (Fsp3) is 0.625. The SMILES string of the molecule is CN=C(NCCCOC1CCOC1)NCCOc1cccnc1. The average molecular weight is 322 g/mol. The Morgan fingerprint density at radius 3 is 3.04 bits per heavy atom. The van der Waals surface area contributed by atoms with E-state index in [9.17, 15) is 0 Å². The molecule has 1 aromatic rings. The van der Waals surface area contributed by atoms with Crippen LogP contribution in [0.25, 0.3) is 0 Å². The van der Waals surface area contributed by atoms with Crippen molar-refractivity contribution in [3.63, 3.8) is 0 Å². The van der Waals surface area contributed by atoms with Crippen LogP contribution in [0, 0.1) is 0 Å². The van der Waals surface area contributed by atoms with Crippen molar-refractivity contribution in [2.45, 2.75) is 18.9 Å². The minimum atomic E-state index is 0.275. The van der Waals surface area contributed by atoms with Gasteiger partial charge in [-0.2, -0.15) is 0 Å². The van der Waals surface area contributed by atoms with Crippen molar-refractivity contribution in [1.29, 1.82) is 0 Å². The Hall–Kier alpha value is -1.86. The minimum Gasteiger partial charge on any atom is -0.490 e. The number of nitrogens with zero attached hydrogens (tertiary/aromatic N) is 2. The molecule has 1 fully saturated rings. The molecule has 7 heteroatoms. The number of hydrogen-bond acceptors (Lipinski definition) is 5. The zero-order valence-electron chi connectivity index (χ0n) is 13.7. The van der Waals surface area contributed by atoms with E-state index in [-0.39, 0.29) is 6.10 Å². The van der Waals surface area contributed by atoms with Gasteiger partial charge < -0.3 is 24.8 Å². The Morgan fingerprint density at radius 1 is 1.39 bits per heavy atom. The highest BCUT2D eigenvalue weighted by Crippen LogP contribution is 2.07. The van der Waals surface area contributed by atoms with Gasteiger partial charge in [0.15, 0.2) is 5.96 Å². The topological polar surface area (TPSA) is 77.0 Å². The second kappa shape index (κ2) is 10.8. The largest absolute Gasteiger partial charge is 0.490 e. The predicted octanol–water partition coefficient (Wildman–Crippen LogP) is 0.821. The fourth-order valence-corrected chi connectivity index (χ4v) is 2.16. The van der Waals surface area contributed by atoms with E-state index in [2.05, 4.69) is 20.6 Å². The highest BCUT2D eigenvalue weighted by molar-refractivity contribution is 5.79. The lowest BCUT2D eigenvalue weighted by atomic mass is 10.3. The number of pyridine rings is 1. The summed E-state index contributed by atoms with van der Waals surface area (Å²) in [5.74, 6) is 1.54. The molecule has 23 heavy (non-hydrogen) atoms. The highest BCUT2D eigenvalue weighted by Gasteiger charge is 2.15. The second-order valence-electron chi connectivity index (χ2n) is 5.17. The van der Waals surface area contributed by atoms with Crippen LogP contribution in [0.15, 0.2) is 29.5 Å². The highest BCUT2D eigenvalue weighted by atomic mass is 16.5. The van der Waals surface area contributed by atoms with E-state index in [1.807, 2.05) is 12.1 Å². The molecule has 0 aromatic carbocycles. The van der Waals surface area contributed by atoms with Crippen molar-refractivity contribution in [1.82, 2.24) is 15.6 Å². The van der Waals surface area contributed by atoms with Crippen molar-refractivity contribution >= 4 is 5.96 Å². The Morgan fingerprint density at radius 2 is 2.30 bits per heavy atom. The van der Waals surface area contributed by atoms with Gasteiger partial charge in [0.25, 0.3) is 0 Å². The third-order valence-corrected chi connectivity index (χ3v) is 3.38. The molecule has 2 rings (SSSR count). The quantitative estimate of drug-likeness (QED) is 0.398. The summed E-state index contributed by atoms with van der Waals surface area (Å²) in [6, 6.07) is 3.73. The Bertz CT molecular complexity index is 450.